The third-order valence-electron chi connectivity index (χ3n) is 3.23. The molecule has 21 heavy (non-hydrogen) atoms. The van der Waals surface area contributed by atoms with Crippen LogP contribution in [0.25, 0.3) is 11.2 Å². The molecule has 0 atom stereocenters. The number of anilines is 1. The quantitative estimate of drug-likeness (QED) is 0.754. The molecule has 0 saturated heterocycles. The summed E-state index contributed by atoms with van der Waals surface area (Å²) in [4.78, 5) is 13.5. The van der Waals surface area contributed by atoms with Crippen LogP contribution >= 0.6 is 27.3 Å². The lowest BCUT2D eigenvalue weighted by molar-refractivity contribution is 0.612. The first-order valence-corrected chi connectivity index (χ1v) is 8.40. The molecule has 0 fully saturated rings. The minimum Gasteiger partial charge on any atom is -0.364 e. The Morgan fingerprint density at radius 2 is 2.19 bits per heavy atom. The molecule has 0 aliphatic rings. The summed E-state index contributed by atoms with van der Waals surface area (Å²) < 4.78 is 3.21. The molecule has 0 unspecified atom stereocenters. The Morgan fingerprint density at radius 1 is 1.38 bits per heavy atom. The van der Waals surface area contributed by atoms with Gasteiger partial charge in [-0.2, -0.15) is 0 Å². The number of hydrogen-bond acceptors (Lipinski definition) is 5. The fraction of sp³-hybridized carbons (Fsp3) is 0.357. The number of fused-ring (bicyclic) bond motifs is 1. The van der Waals surface area contributed by atoms with E-state index in [1.165, 1.54) is 5.56 Å². The van der Waals surface area contributed by atoms with Gasteiger partial charge in [0.25, 0.3) is 0 Å². The summed E-state index contributed by atoms with van der Waals surface area (Å²) in [6.07, 6.45) is 1.83. The van der Waals surface area contributed by atoms with Crippen LogP contribution in [0.5, 0.6) is 0 Å². The molecule has 110 valence electrons. The number of rotatable bonds is 4. The Kier molecular flexibility index (Phi) is 3.95. The van der Waals surface area contributed by atoms with Crippen LogP contribution < -0.4 is 5.32 Å². The van der Waals surface area contributed by atoms with Gasteiger partial charge in [0.15, 0.2) is 11.5 Å². The number of nitrogens with one attached hydrogen (secondary N) is 1. The second-order valence-electron chi connectivity index (χ2n) is 5.11. The maximum absolute atomic E-state index is 4.52. The molecular weight excluding hydrogens is 350 g/mol. The molecule has 0 spiro atoms. The van der Waals surface area contributed by atoms with E-state index in [4.69, 9.17) is 0 Å². The Balaban J connectivity index is 1.96. The average Bonchev–Trinajstić information content (AvgIpc) is 3.02. The zero-order chi connectivity index (χ0) is 15.0. The highest BCUT2D eigenvalue weighted by Gasteiger charge is 2.13. The highest BCUT2D eigenvalue weighted by atomic mass is 79.9. The van der Waals surface area contributed by atoms with Crippen LogP contribution in [-0.2, 0) is 6.54 Å². The Hall–Kier alpha value is -1.47. The van der Waals surface area contributed by atoms with Crippen LogP contribution in [0.2, 0.25) is 0 Å². The number of hydrogen-bond donors (Lipinski definition) is 1. The maximum atomic E-state index is 4.52. The van der Waals surface area contributed by atoms with Gasteiger partial charge in [-0.25, -0.2) is 15.0 Å². The van der Waals surface area contributed by atoms with Gasteiger partial charge in [0.2, 0.25) is 0 Å². The van der Waals surface area contributed by atoms with Crippen LogP contribution in [0.3, 0.4) is 0 Å². The van der Waals surface area contributed by atoms with Gasteiger partial charge >= 0.3 is 0 Å². The van der Waals surface area contributed by atoms with Crippen molar-refractivity contribution >= 4 is 44.2 Å². The van der Waals surface area contributed by atoms with Gasteiger partial charge in [-0.05, 0) is 53.7 Å². The van der Waals surface area contributed by atoms with Gasteiger partial charge in [0.05, 0.1) is 10.1 Å². The fourth-order valence-electron chi connectivity index (χ4n) is 2.15. The van der Waals surface area contributed by atoms with Crippen LogP contribution in [0, 0.1) is 6.92 Å². The highest BCUT2D eigenvalue weighted by molar-refractivity contribution is 9.11. The number of aryl methyl sites for hydroxylation is 1. The van der Waals surface area contributed by atoms with E-state index in [0.29, 0.717) is 12.6 Å². The molecule has 0 saturated carbocycles. The zero-order valence-electron chi connectivity index (χ0n) is 12.1. The highest BCUT2D eigenvalue weighted by Crippen LogP contribution is 2.26. The first kappa shape index (κ1) is 14.5. The van der Waals surface area contributed by atoms with Gasteiger partial charge in [-0.3, -0.25) is 0 Å². The van der Waals surface area contributed by atoms with E-state index in [1.807, 2.05) is 13.3 Å². The van der Waals surface area contributed by atoms with Crippen molar-refractivity contribution in [3.05, 3.63) is 32.9 Å². The monoisotopic (exact) mass is 365 g/mol. The summed E-state index contributed by atoms with van der Waals surface area (Å²) in [6.45, 7) is 6.86. The second kappa shape index (κ2) is 5.73. The molecule has 3 aromatic heterocycles. The summed E-state index contributed by atoms with van der Waals surface area (Å²) in [5.41, 5.74) is 2.91. The van der Waals surface area contributed by atoms with Gasteiger partial charge < -0.3 is 9.88 Å². The molecule has 1 N–H and O–H groups in total. The van der Waals surface area contributed by atoms with E-state index in [1.54, 1.807) is 11.3 Å². The standard InChI is InChI=1S/C14H16BrN5S/c1-8(2)20-7-17-11-13(18-9(3)19-14(11)20)16-6-10-4-5-21-12(10)15/h4-5,7-8H,6H2,1-3H3,(H,16,18,19). The van der Waals surface area contributed by atoms with Crippen molar-refractivity contribution in [3.63, 3.8) is 0 Å². The van der Waals surface area contributed by atoms with E-state index >= 15 is 0 Å². The molecule has 0 aromatic carbocycles. The molecule has 0 radical (unpaired) electrons. The summed E-state index contributed by atoms with van der Waals surface area (Å²) >= 11 is 5.23. The van der Waals surface area contributed by atoms with Crippen molar-refractivity contribution in [2.45, 2.75) is 33.4 Å². The van der Waals surface area contributed by atoms with Crippen LogP contribution in [0.1, 0.15) is 31.3 Å². The van der Waals surface area contributed by atoms with E-state index in [2.05, 4.69) is 66.1 Å². The molecule has 0 aliphatic heterocycles. The predicted octanol–water partition coefficient (Wildman–Crippen LogP) is 4.15. The molecule has 0 bridgehead atoms. The summed E-state index contributed by atoms with van der Waals surface area (Å²) in [5.74, 6) is 1.53. The van der Waals surface area contributed by atoms with Crippen molar-refractivity contribution in [2.24, 2.45) is 0 Å². The zero-order valence-corrected chi connectivity index (χ0v) is 14.5. The molecule has 7 heteroatoms. The Bertz CT molecular complexity index is 777. The largest absolute Gasteiger partial charge is 0.364 e. The lowest BCUT2D eigenvalue weighted by Gasteiger charge is -2.09. The number of thiophene rings is 1. The van der Waals surface area contributed by atoms with Crippen molar-refractivity contribution in [2.75, 3.05) is 5.32 Å². The number of imidazole rings is 1. The first-order chi connectivity index (χ1) is 10.1. The molecular formula is C14H16BrN5S. The summed E-state index contributed by atoms with van der Waals surface area (Å²) in [5, 5.41) is 5.44. The maximum Gasteiger partial charge on any atom is 0.165 e. The first-order valence-electron chi connectivity index (χ1n) is 6.73. The van der Waals surface area contributed by atoms with Crippen LogP contribution in [0.4, 0.5) is 5.82 Å². The summed E-state index contributed by atoms with van der Waals surface area (Å²) in [6, 6.07) is 2.42. The predicted molar refractivity (Wildman–Crippen MR) is 89.8 cm³/mol. The normalized spacial score (nSPS) is 11.5. The third-order valence-corrected chi connectivity index (χ3v) is 5.04. The van der Waals surface area contributed by atoms with Crippen molar-refractivity contribution < 1.29 is 0 Å². The van der Waals surface area contributed by atoms with Crippen molar-refractivity contribution in [3.8, 4) is 0 Å². The smallest absolute Gasteiger partial charge is 0.165 e. The van der Waals surface area contributed by atoms with Crippen LogP contribution in [0.15, 0.2) is 21.6 Å². The lowest BCUT2D eigenvalue weighted by atomic mass is 10.3. The SMILES string of the molecule is Cc1nc(NCc2ccsc2Br)c2ncn(C(C)C)c2n1. The van der Waals surface area contributed by atoms with Gasteiger partial charge in [-0.15, -0.1) is 11.3 Å². The fourth-order valence-corrected chi connectivity index (χ4v) is 3.39. The van der Waals surface area contributed by atoms with Crippen molar-refractivity contribution in [1.29, 1.82) is 0 Å². The number of halogens is 1. The van der Waals surface area contributed by atoms with E-state index < -0.39 is 0 Å². The van der Waals surface area contributed by atoms with E-state index in [-0.39, 0.29) is 0 Å². The van der Waals surface area contributed by atoms with Crippen LogP contribution in [-0.4, -0.2) is 19.5 Å². The minimum atomic E-state index is 0.322. The molecule has 5 nitrogen and oxygen atoms in total. The second-order valence-corrected chi connectivity index (χ2v) is 7.34. The third kappa shape index (κ3) is 2.80. The van der Waals surface area contributed by atoms with Gasteiger partial charge in [-0.1, -0.05) is 0 Å². The molecule has 3 rings (SSSR count). The topological polar surface area (TPSA) is 55.6 Å². The molecule has 0 amide bonds. The molecule has 3 aromatic rings. The Morgan fingerprint density at radius 3 is 2.86 bits per heavy atom. The average molecular weight is 366 g/mol. The lowest BCUT2D eigenvalue weighted by Crippen LogP contribution is -2.06. The minimum absolute atomic E-state index is 0.322. The Labute approximate surface area is 135 Å². The van der Waals surface area contributed by atoms with Crippen molar-refractivity contribution in [1.82, 2.24) is 19.5 Å². The number of aromatic nitrogens is 4. The summed E-state index contributed by atoms with van der Waals surface area (Å²) in [7, 11) is 0. The molecule has 3 heterocycles. The van der Waals surface area contributed by atoms with Gasteiger partial charge in [0, 0.05) is 12.6 Å². The van der Waals surface area contributed by atoms with Gasteiger partial charge in [0.1, 0.15) is 11.3 Å². The molecule has 0 aliphatic carbocycles. The number of nitrogens with zero attached hydrogens (tertiary/aromatic N) is 4. The van der Waals surface area contributed by atoms with E-state index in [0.717, 1.165) is 26.6 Å². The van der Waals surface area contributed by atoms with E-state index in [9.17, 15) is 0 Å².